The number of nitrogens with zero attached hydrogens (tertiary/aromatic N) is 2. The molecule has 1 heterocycles. The van der Waals surface area contributed by atoms with Gasteiger partial charge in [0, 0.05) is 25.9 Å². The Kier molecular flexibility index (Phi) is 5.39. The monoisotopic (exact) mass is 328 g/mol. The predicted molar refractivity (Wildman–Crippen MR) is 80.3 cm³/mol. The van der Waals surface area contributed by atoms with E-state index >= 15 is 0 Å². The zero-order valence-electron chi connectivity index (χ0n) is 11.2. The van der Waals surface area contributed by atoms with Crippen LogP contribution in [0.25, 0.3) is 0 Å². The second-order valence-electron chi connectivity index (χ2n) is 4.94. The first-order valence-corrected chi connectivity index (χ1v) is 7.65. The number of anilines is 2. The van der Waals surface area contributed by atoms with Crippen molar-refractivity contribution in [2.45, 2.75) is 26.2 Å². The largest absolute Gasteiger partial charge is 0.396 e. The highest BCUT2D eigenvalue weighted by atomic mass is 79.9. The van der Waals surface area contributed by atoms with Gasteiger partial charge in [0.1, 0.15) is 5.82 Å². The number of nitrogens with one attached hydrogen (secondary N) is 2. The summed E-state index contributed by atoms with van der Waals surface area (Å²) in [6.45, 7) is 3.96. The number of aromatic nitrogens is 2. The molecule has 0 bridgehead atoms. The molecule has 0 amide bonds. The lowest BCUT2D eigenvalue weighted by molar-refractivity contribution is 0.199. The highest BCUT2D eigenvalue weighted by Gasteiger charge is 2.26. The fraction of sp³-hybridized carbons (Fsp3) is 0.692. The molecule has 0 saturated heterocycles. The van der Waals surface area contributed by atoms with Crippen LogP contribution in [0.5, 0.6) is 0 Å². The molecule has 1 aliphatic rings. The van der Waals surface area contributed by atoms with Gasteiger partial charge in [-0.3, -0.25) is 0 Å². The van der Waals surface area contributed by atoms with Crippen LogP contribution in [-0.2, 0) is 0 Å². The van der Waals surface area contributed by atoms with Crippen LogP contribution in [0.2, 0.25) is 0 Å². The lowest BCUT2D eigenvalue weighted by Crippen LogP contribution is -2.21. The third kappa shape index (κ3) is 3.79. The van der Waals surface area contributed by atoms with E-state index in [1.165, 1.54) is 12.8 Å². The van der Waals surface area contributed by atoms with Crippen molar-refractivity contribution in [1.29, 1.82) is 0 Å². The predicted octanol–water partition coefficient (Wildman–Crippen LogP) is 2.49. The minimum absolute atomic E-state index is 0.292. The molecule has 1 aliphatic carbocycles. The number of rotatable bonds is 6. The molecule has 19 heavy (non-hydrogen) atoms. The van der Waals surface area contributed by atoms with Gasteiger partial charge in [0.05, 0.1) is 4.47 Å². The zero-order chi connectivity index (χ0) is 13.7. The average molecular weight is 329 g/mol. The van der Waals surface area contributed by atoms with E-state index in [0.29, 0.717) is 24.4 Å². The van der Waals surface area contributed by atoms with Gasteiger partial charge in [0.25, 0.3) is 0 Å². The summed E-state index contributed by atoms with van der Waals surface area (Å²) in [5.41, 5.74) is 0. The van der Waals surface area contributed by atoms with Crippen LogP contribution >= 0.6 is 15.9 Å². The summed E-state index contributed by atoms with van der Waals surface area (Å²) in [4.78, 5) is 8.62. The first-order chi connectivity index (χ1) is 9.24. The maximum Gasteiger partial charge on any atom is 0.224 e. The van der Waals surface area contributed by atoms with Crippen molar-refractivity contribution in [3.05, 3.63) is 10.7 Å². The Balaban J connectivity index is 1.96. The van der Waals surface area contributed by atoms with E-state index in [2.05, 4.69) is 36.5 Å². The molecular weight excluding hydrogens is 308 g/mol. The minimum atomic E-state index is 0.292. The lowest BCUT2D eigenvalue weighted by atomic mass is 9.97. The van der Waals surface area contributed by atoms with Crippen LogP contribution in [0.4, 0.5) is 11.8 Å². The first kappa shape index (κ1) is 14.5. The molecule has 2 rings (SSSR count). The van der Waals surface area contributed by atoms with Crippen molar-refractivity contribution < 1.29 is 5.11 Å². The smallest absolute Gasteiger partial charge is 0.224 e. The van der Waals surface area contributed by atoms with Gasteiger partial charge in [-0.25, -0.2) is 4.98 Å². The SMILES string of the molecule is CCNc1ncc(Br)c(NCC2CCCC2CO)n1. The molecular formula is C13H21BrN4O. The summed E-state index contributed by atoms with van der Waals surface area (Å²) in [7, 11) is 0. The van der Waals surface area contributed by atoms with E-state index in [1.54, 1.807) is 6.20 Å². The topological polar surface area (TPSA) is 70.1 Å². The molecule has 1 fully saturated rings. The number of halogens is 1. The molecule has 0 radical (unpaired) electrons. The third-order valence-corrected chi connectivity index (χ3v) is 4.24. The van der Waals surface area contributed by atoms with Crippen LogP contribution in [0, 0.1) is 11.8 Å². The summed E-state index contributed by atoms with van der Waals surface area (Å²) in [6.07, 6.45) is 5.29. The molecule has 1 saturated carbocycles. The van der Waals surface area contributed by atoms with Gasteiger partial charge >= 0.3 is 0 Å². The highest BCUT2D eigenvalue weighted by molar-refractivity contribution is 9.10. The van der Waals surface area contributed by atoms with Crippen molar-refractivity contribution >= 4 is 27.7 Å². The molecule has 0 spiro atoms. The normalized spacial score (nSPS) is 22.5. The van der Waals surface area contributed by atoms with E-state index in [9.17, 15) is 5.11 Å². The quantitative estimate of drug-likeness (QED) is 0.748. The molecule has 1 aromatic rings. The molecule has 1 aromatic heterocycles. The first-order valence-electron chi connectivity index (χ1n) is 6.85. The summed E-state index contributed by atoms with van der Waals surface area (Å²) >= 11 is 3.46. The Morgan fingerprint density at radius 1 is 1.37 bits per heavy atom. The van der Waals surface area contributed by atoms with E-state index in [1.807, 2.05) is 6.92 Å². The van der Waals surface area contributed by atoms with Crippen molar-refractivity contribution in [2.75, 3.05) is 30.3 Å². The van der Waals surface area contributed by atoms with E-state index in [4.69, 9.17) is 0 Å². The average Bonchev–Trinajstić information content (AvgIpc) is 2.87. The molecule has 6 heteroatoms. The van der Waals surface area contributed by atoms with Crippen LogP contribution < -0.4 is 10.6 Å². The summed E-state index contributed by atoms with van der Waals surface area (Å²) < 4.78 is 0.868. The van der Waals surface area contributed by atoms with E-state index in [0.717, 1.165) is 29.8 Å². The Labute approximate surface area is 122 Å². The zero-order valence-corrected chi connectivity index (χ0v) is 12.8. The maximum atomic E-state index is 9.33. The van der Waals surface area contributed by atoms with Gasteiger partial charge < -0.3 is 15.7 Å². The Morgan fingerprint density at radius 2 is 2.16 bits per heavy atom. The van der Waals surface area contributed by atoms with Crippen LogP contribution in [0.15, 0.2) is 10.7 Å². The van der Waals surface area contributed by atoms with Crippen molar-refractivity contribution in [1.82, 2.24) is 9.97 Å². The van der Waals surface area contributed by atoms with Gasteiger partial charge in [-0.05, 0) is 47.5 Å². The Morgan fingerprint density at radius 3 is 2.89 bits per heavy atom. The molecule has 3 N–H and O–H groups in total. The van der Waals surface area contributed by atoms with Crippen molar-refractivity contribution in [3.8, 4) is 0 Å². The third-order valence-electron chi connectivity index (χ3n) is 3.66. The maximum absolute atomic E-state index is 9.33. The molecule has 0 aromatic carbocycles. The number of hydrogen-bond acceptors (Lipinski definition) is 5. The fourth-order valence-corrected chi connectivity index (χ4v) is 2.92. The fourth-order valence-electron chi connectivity index (χ4n) is 2.58. The van der Waals surface area contributed by atoms with Crippen LogP contribution in [-0.4, -0.2) is 34.8 Å². The van der Waals surface area contributed by atoms with Gasteiger partial charge in [0.2, 0.25) is 5.95 Å². The van der Waals surface area contributed by atoms with E-state index < -0.39 is 0 Å². The summed E-state index contributed by atoms with van der Waals surface area (Å²) in [5.74, 6) is 2.42. The number of aliphatic hydroxyl groups is 1. The van der Waals surface area contributed by atoms with Crippen LogP contribution in [0.1, 0.15) is 26.2 Å². The molecule has 106 valence electrons. The molecule has 5 nitrogen and oxygen atoms in total. The Bertz CT molecular complexity index is 416. The van der Waals surface area contributed by atoms with Gasteiger partial charge in [-0.15, -0.1) is 0 Å². The summed E-state index contributed by atoms with van der Waals surface area (Å²) in [5, 5.41) is 15.8. The lowest BCUT2D eigenvalue weighted by Gasteiger charge is -2.18. The Hall–Kier alpha value is -0.880. The number of hydrogen-bond donors (Lipinski definition) is 3. The van der Waals surface area contributed by atoms with Gasteiger partial charge in [0.15, 0.2) is 0 Å². The standard InChI is InChI=1S/C13H21BrN4O/c1-2-15-13-17-7-11(14)12(18-13)16-6-9-4-3-5-10(9)8-19/h7,9-10,19H,2-6,8H2,1H3,(H2,15,16,17,18). The minimum Gasteiger partial charge on any atom is -0.396 e. The number of aliphatic hydroxyl groups excluding tert-OH is 1. The van der Waals surface area contributed by atoms with Gasteiger partial charge in [-0.1, -0.05) is 6.42 Å². The second kappa shape index (κ2) is 7.05. The van der Waals surface area contributed by atoms with E-state index in [-0.39, 0.29) is 0 Å². The van der Waals surface area contributed by atoms with Crippen molar-refractivity contribution in [3.63, 3.8) is 0 Å². The highest BCUT2D eigenvalue weighted by Crippen LogP contribution is 2.32. The molecule has 0 aliphatic heterocycles. The summed E-state index contributed by atoms with van der Waals surface area (Å²) in [6, 6.07) is 0. The second-order valence-corrected chi connectivity index (χ2v) is 5.79. The van der Waals surface area contributed by atoms with Gasteiger partial charge in [-0.2, -0.15) is 4.98 Å². The molecule has 2 atom stereocenters. The van der Waals surface area contributed by atoms with Crippen LogP contribution in [0.3, 0.4) is 0 Å². The van der Waals surface area contributed by atoms with Crippen molar-refractivity contribution in [2.24, 2.45) is 11.8 Å². The molecule has 2 unspecified atom stereocenters.